The molecule has 0 unspecified atom stereocenters. The number of carbonyl (C=O) groups excluding carboxylic acids is 1. The highest BCUT2D eigenvalue weighted by Crippen LogP contribution is 2.23. The largest absolute Gasteiger partial charge is 0.399 e. The van der Waals surface area contributed by atoms with E-state index in [0.717, 1.165) is 10.0 Å². The fourth-order valence-electron chi connectivity index (χ4n) is 1.82. The Morgan fingerprint density at radius 2 is 1.79 bits per heavy atom. The third kappa shape index (κ3) is 3.35. The van der Waals surface area contributed by atoms with Crippen LogP contribution in [0.2, 0.25) is 0 Å². The smallest absolute Gasteiger partial charge is 0.251 e. The summed E-state index contributed by atoms with van der Waals surface area (Å²) in [4.78, 5) is 12.1. The molecule has 0 saturated heterocycles. The first-order valence-electron chi connectivity index (χ1n) is 5.99. The number of nitrogens with one attached hydrogen (secondary N) is 1. The Kier molecular flexibility index (Phi) is 4.22. The van der Waals surface area contributed by atoms with Gasteiger partial charge in [-0.1, -0.05) is 34.1 Å². The summed E-state index contributed by atoms with van der Waals surface area (Å²) in [6.45, 7) is 1.95. The number of hydrogen-bond donors (Lipinski definition) is 2. The summed E-state index contributed by atoms with van der Waals surface area (Å²) in [7, 11) is 0. The van der Waals surface area contributed by atoms with Crippen LogP contribution in [0.25, 0.3) is 0 Å². The minimum atomic E-state index is -0.108. The average Bonchev–Trinajstić information content (AvgIpc) is 2.39. The van der Waals surface area contributed by atoms with Gasteiger partial charge >= 0.3 is 0 Å². The normalized spacial score (nSPS) is 11.9. The van der Waals surface area contributed by atoms with Crippen LogP contribution in [0.3, 0.4) is 0 Å². The van der Waals surface area contributed by atoms with Gasteiger partial charge in [0.15, 0.2) is 0 Å². The monoisotopic (exact) mass is 318 g/mol. The summed E-state index contributed by atoms with van der Waals surface area (Å²) in [5, 5.41) is 2.96. The lowest BCUT2D eigenvalue weighted by Gasteiger charge is -2.16. The molecule has 0 heterocycles. The molecule has 2 aromatic rings. The van der Waals surface area contributed by atoms with Crippen molar-refractivity contribution in [3.63, 3.8) is 0 Å². The van der Waals surface area contributed by atoms with Gasteiger partial charge in [0, 0.05) is 15.7 Å². The van der Waals surface area contributed by atoms with E-state index >= 15 is 0 Å². The van der Waals surface area contributed by atoms with Gasteiger partial charge in [0.1, 0.15) is 0 Å². The summed E-state index contributed by atoms with van der Waals surface area (Å²) in [6.07, 6.45) is 0. The first kappa shape index (κ1) is 13.6. The summed E-state index contributed by atoms with van der Waals surface area (Å²) in [6, 6.07) is 14.7. The van der Waals surface area contributed by atoms with Gasteiger partial charge in [0.05, 0.1) is 6.04 Å². The number of nitrogens with two attached hydrogens (primary N) is 1. The van der Waals surface area contributed by atoms with E-state index in [1.165, 1.54) is 0 Å². The van der Waals surface area contributed by atoms with Gasteiger partial charge in [0.2, 0.25) is 0 Å². The number of benzene rings is 2. The Morgan fingerprint density at radius 3 is 2.42 bits per heavy atom. The molecule has 0 aliphatic heterocycles. The predicted molar refractivity (Wildman–Crippen MR) is 80.9 cm³/mol. The highest BCUT2D eigenvalue weighted by atomic mass is 79.9. The van der Waals surface area contributed by atoms with E-state index in [4.69, 9.17) is 5.73 Å². The van der Waals surface area contributed by atoms with E-state index in [1.54, 1.807) is 24.3 Å². The molecule has 2 rings (SSSR count). The number of carbonyl (C=O) groups is 1. The quantitative estimate of drug-likeness (QED) is 0.851. The second-order valence-corrected chi connectivity index (χ2v) is 5.19. The lowest BCUT2D eigenvalue weighted by Crippen LogP contribution is -2.26. The van der Waals surface area contributed by atoms with Crippen LogP contribution < -0.4 is 11.1 Å². The van der Waals surface area contributed by atoms with Crippen molar-refractivity contribution in [2.24, 2.45) is 0 Å². The SMILES string of the molecule is C[C@@H](NC(=O)c1ccc(N)cc1)c1ccccc1Br. The average molecular weight is 319 g/mol. The van der Waals surface area contributed by atoms with Crippen molar-refractivity contribution >= 4 is 27.5 Å². The van der Waals surface area contributed by atoms with Crippen LogP contribution in [0.1, 0.15) is 28.9 Å². The van der Waals surface area contributed by atoms with Crippen LogP contribution >= 0.6 is 15.9 Å². The second-order valence-electron chi connectivity index (χ2n) is 4.34. The van der Waals surface area contributed by atoms with E-state index in [9.17, 15) is 4.79 Å². The maximum Gasteiger partial charge on any atom is 0.251 e. The molecule has 0 aromatic heterocycles. The van der Waals surface area contributed by atoms with Crippen molar-refractivity contribution in [1.82, 2.24) is 5.32 Å². The molecule has 1 atom stereocenters. The van der Waals surface area contributed by atoms with Crippen LogP contribution in [0, 0.1) is 0 Å². The molecule has 19 heavy (non-hydrogen) atoms. The van der Waals surface area contributed by atoms with Crippen molar-refractivity contribution < 1.29 is 4.79 Å². The summed E-state index contributed by atoms with van der Waals surface area (Å²) in [5.41, 5.74) is 7.90. The zero-order valence-electron chi connectivity index (χ0n) is 10.6. The fourth-order valence-corrected chi connectivity index (χ4v) is 2.45. The Balaban J connectivity index is 2.11. The van der Waals surface area contributed by atoms with Crippen molar-refractivity contribution in [2.45, 2.75) is 13.0 Å². The van der Waals surface area contributed by atoms with Crippen molar-refractivity contribution in [2.75, 3.05) is 5.73 Å². The van der Waals surface area contributed by atoms with Crippen molar-refractivity contribution in [3.05, 3.63) is 64.1 Å². The molecule has 0 saturated carbocycles. The fraction of sp³-hybridized carbons (Fsp3) is 0.133. The van der Waals surface area contributed by atoms with Gasteiger partial charge in [-0.15, -0.1) is 0 Å². The number of hydrogen-bond acceptors (Lipinski definition) is 2. The van der Waals surface area contributed by atoms with Gasteiger partial charge < -0.3 is 11.1 Å². The number of halogens is 1. The molecule has 0 radical (unpaired) electrons. The molecular formula is C15H15BrN2O. The van der Waals surface area contributed by atoms with Crippen molar-refractivity contribution in [1.29, 1.82) is 0 Å². The summed E-state index contributed by atoms with van der Waals surface area (Å²) >= 11 is 3.48. The maximum atomic E-state index is 12.1. The molecule has 0 bridgehead atoms. The van der Waals surface area contributed by atoms with Gasteiger partial charge in [0.25, 0.3) is 5.91 Å². The first-order chi connectivity index (χ1) is 9.08. The third-order valence-corrected chi connectivity index (χ3v) is 3.61. The first-order valence-corrected chi connectivity index (χ1v) is 6.78. The van der Waals surface area contributed by atoms with Gasteiger partial charge in [-0.05, 0) is 42.8 Å². The van der Waals surface area contributed by atoms with Crippen LogP contribution in [0.15, 0.2) is 53.0 Å². The van der Waals surface area contributed by atoms with Gasteiger partial charge in [-0.3, -0.25) is 4.79 Å². The third-order valence-electron chi connectivity index (χ3n) is 2.89. The zero-order chi connectivity index (χ0) is 13.8. The molecule has 2 aromatic carbocycles. The van der Waals surface area contributed by atoms with E-state index in [1.807, 2.05) is 31.2 Å². The summed E-state index contributed by atoms with van der Waals surface area (Å²) in [5.74, 6) is -0.108. The van der Waals surface area contributed by atoms with E-state index in [2.05, 4.69) is 21.2 Å². The Hall–Kier alpha value is -1.81. The van der Waals surface area contributed by atoms with Gasteiger partial charge in [-0.2, -0.15) is 0 Å². The molecule has 0 aliphatic rings. The highest BCUT2D eigenvalue weighted by Gasteiger charge is 2.13. The zero-order valence-corrected chi connectivity index (χ0v) is 12.1. The second kappa shape index (κ2) is 5.89. The Morgan fingerprint density at radius 1 is 1.16 bits per heavy atom. The predicted octanol–water partition coefficient (Wildman–Crippen LogP) is 3.52. The topological polar surface area (TPSA) is 55.1 Å². The number of anilines is 1. The van der Waals surface area contributed by atoms with E-state index in [0.29, 0.717) is 11.3 Å². The molecule has 1 amide bonds. The summed E-state index contributed by atoms with van der Waals surface area (Å²) < 4.78 is 0.986. The Bertz CT molecular complexity index is 581. The van der Waals surface area contributed by atoms with E-state index in [-0.39, 0.29) is 11.9 Å². The number of nitrogen functional groups attached to an aromatic ring is 1. The Labute approximate surface area is 121 Å². The maximum absolute atomic E-state index is 12.1. The van der Waals surface area contributed by atoms with Crippen molar-refractivity contribution in [3.8, 4) is 0 Å². The standard InChI is InChI=1S/C15H15BrN2O/c1-10(13-4-2-3-5-14(13)16)18-15(19)11-6-8-12(17)9-7-11/h2-10H,17H2,1H3,(H,18,19)/t10-/m1/s1. The molecule has 3 N–H and O–H groups in total. The van der Waals surface area contributed by atoms with Crippen LogP contribution in [0.5, 0.6) is 0 Å². The minimum absolute atomic E-state index is 0.0689. The van der Waals surface area contributed by atoms with Gasteiger partial charge in [-0.25, -0.2) is 0 Å². The molecule has 3 nitrogen and oxygen atoms in total. The molecule has 0 aliphatic carbocycles. The molecule has 98 valence electrons. The number of rotatable bonds is 3. The van der Waals surface area contributed by atoms with Crippen LogP contribution in [-0.2, 0) is 0 Å². The lowest BCUT2D eigenvalue weighted by atomic mass is 10.1. The molecular weight excluding hydrogens is 304 g/mol. The van der Waals surface area contributed by atoms with Crippen LogP contribution in [-0.4, -0.2) is 5.91 Å². The highest BCUT2D eigenvalue weighted by molar-refractivity contribution is 9.10. The van der Waals surface area contributed by atoms with Crippen LogP contribution in [0.4, 0.5) is 5.69 Å². The van der Waals surface area contributed by atoms with E-state index < -0.39 is 0 Å². The molecule has 0 fully saturated rings. The lowest BCUT2D eigenvalue weighted by molar-refractivity contribution is 0.0940. The minimum Gasteiger partial charge on any atom is -0.399 e. The molecule has 0 spiro atoms. The molecule has 4 heteroatoms. The number of amides is 1.